The molecule has 162 valence electrons. The Hall–Kier alpha value is -2.64. The highest BCUT2D eigenvalue weighted by atomic mass is 19.1. The van der Waals surface area contributed by atoms with Gasteiger partial charge in [0.25, 0.3) is 5.91 Å². The first-order valence-corrected chi connectivity index (χ1v) is 10.7. The molecule has 8 heteroatoms. The van der Waals surface area contributed by atoms with Crippen molar-refractivity contribution in [3.05, 3.63) is 30.1 Å². The van der Waals surface area contributed by atoms with Crippen LogP contribution in [0.15, 0.2) is 24.3 Å². The summed E-state index contributed by atoms with van der Waals surface area (Å²) in [6.45, 7) is 2.77. The van der Waals surface area contributed by atoms with Gasteiger partial charge in [0.1, 0.15) is 29.8 Å². The summed E-state index contributed by atoms with van der Waals surface area (Å²) in [5, 5.41) is 2.89. The highest BCUT2D eigenvalue weighted by molar-refractivity contribution is 6.09. The van der Waals surface area contributed by atoms with Crippen LogP contribution in [0.3, 0.4) is 0 Å². The lowest BCUT2D eigenvalue weighted by molar-refractivity contribution is -0.141. The van der Waals surface area contributed by atoms with E-state index in [0.29, 0.717) is 38.1 Å². The Balaban J connectivity index is 1.31. The number of hydrogen-bond acceptors (Lipinski definition) is 4. The third-order valence-corrected chi connectivity index (χ3v) is 6.71. The van der Waals surface area contributed by atoms with Gasteiger partial charge in [0, 0.05) is 25.9 Å². The van der Waals surface area contributed by atoms with E-state index in [1.54, 1.807) is 17.0 Å². The smallest absolute Gasteiger partial charge is 0.325 e. The Morgan fingerprint density at radius 3 is 2.53 bits per heavy atom. The number of rotatable bonds is 4. The zero-order valence-electron chi connectivity index (χ0n) is 17.2. The maximum Gasteiger partial charge on any atom is 0.325 e. The summed E-state index contributed by atoms with van der Waals surface area (Å²) >= 11 is 0. The topological polar surface area (TPSA) is 79.0 Å². The van der Waals surface area contributed by atoms with Crippen LogP contribution in [0.1, 0.15) is 45.4 Å². The van der Waals surface area contributed by atoms with E-state index in [1.165, 1.54) is 12.1 Å². The van der Waals surface area contributed by atoms with Gasteiger partial charge in [-0.1, -0.05) is 19.8 Å². The molecular weight excluding hydrogens is 389 g/mol. The summed E-state index contributed by atoms with van der Waals surface area (Å²) in [6.07, 6.45) is 4.72. The Labute approximate surface area is 175 Å². The van der Waals surface area contributed by atoms with Crippen LogP contribution in [0.25, 0.3) is 0 Å². The number of carbonyl (C=O) groups is 3. The van der Waals surface area contributed by atoms with E-state index in [2.05, 4.69) is 5.32 Å². The summed E-state index contributed by atoms with van der Waals surface area (Å²) in [5.41, 5.74) is -0.842. The van der Waals surface area contributed by atoms with E-state index in [1.807, 2.05) is 6.92 Å². The Morgan fingerprint density at radius 2 is 1.87 bits per heavy atom. The highest BCUT2D eigenvalue weighted by Crippen LogP contribution is 2.38. The predicted octanol–water partition coefficient (Wildman–Crippen LogP) is 2.70. The van der Waals surface area contributed by atoms with Crippen molar-refractivity contribution in [3.8, 4) is 5.75 Å². The van der Waals surface area contributed by atoms with Crippen LogP contribution in [-0.4, -0.2) is 58.9 Å². The van der Waals surface area contributed by atoms with Crippen LogP contribution in [0.2, 0.25) is 0 Å². The number of carbonyl (C=O) groups excluding carboxylic acids is 3. The second-order valence-electron chi connectivity index (χ2n) is 8.59. The molecule has 0 unspecified atom stereocenters. The van der Waals surface area contributed by atoms with E-state index >= 15 is 0 Å². The number of ether oxygens (including phenoxy) is 1. The fourth-order valence-electron chi connectivity index (χ4n) is 4.80. The van der Waals surface area contributed by atoms with Crippen LogP contribution >= 0.6 is 0 Å². The Kier molecular flexibility index (Phi) is 5.66. The zero-order chi connectivity index (χ0) is 21.3. The molecule has 1 aliphatic carbocycles. The lowest BCUT2D eigenvalue weighted by atomic mass is 9.73. The molecule has 7 nitrogen and oxygen atoms in total. The summed E-state index contributed by atoms with van der Waals surface area (Å²) < 4.78 is 18.9. The first-order valence-electron chi connectivity index (χ1n) is 10.7. The van der Waals surface area contributed by atoms with Gasteiger partial charge < -0.3 is 15.0 Å². The minimum absolute atomic E-state index is 0.0532. The number of amides is 4. The van der Waals surface area contributed by atoms with Crippen LogP contribution in [0, 0.1) is 11.7 Å². The molecule has 4 rings (SSSR count). The average Bonchev–Trinajstić information content (AvgIpc) is 2.97. The van der Waals surface area contributed by atoms with Gasteiger partial charge >= 0.3 is 6.03 Å². The number of hydrogen-bond donors (Lipinski definition) is 1. The molecule has 1 N–H and O–H groups in total. The van der Waals surface area contributed by atoms with Gasteiger partial charge in [-0.05, 0) is 43.0 Å². The maximum absolute atomic E-state index is 13.0. The molecule has 1 saturated carbocycles. The Morgan fingerprint density at radius 1 is 1.17 bits per heavy atom. The molecule has 1 spiro atoms. The van der Waals surface area contributed by atoms with Crippen LogP contribution in [0.4, 0.5) is 9.18 Å². The normalized spacial score (nSPS) is 27.5. The third-order valence-electron chi connectivity index (χ3n) is 6.71. The fraction of sp³-hybridized carbons (Fsp3) is 0.591. The molecule has 2 aliphatic heterocycles. The van der Waals surface area contributed by atoms with Crippen LogP contribution in [0.5, 0.6) is 5.75 Å². The van der Waals surface area contributed by atoms with Gasteiger partial charge in [-0.25, -0.2) is 9.18 Å². The molecule has 1 aromatic rings. The average molecular weight is 417 g/mol. The number of nitrogens with zero attached hydrogens (tertiary/aromatic N) is 2. The first kappa shape index (κ1) is 20.6. The minimum atomic E-state index is -0.842. The van der Waals surface area contributed by atoms with E-state index in [-0.39, 0.29) is 36.2 Å². The first-order chi connectivity index (χ1) is 14.4. The molecule has 3 fully saturated rings. The summed E-state index contributed by atoms with van der Waals surface area (Å²) in [6, 6.07) is 5.42. The molecule has 3 aliphatic rings. The molecule has 1 aromatic carbocycles. The van der Waals surface area contributed by atoms with Crippen molar-refractivity contribution in [2.75, 3.05) is 19.6 Å². The van der Waals surface area contributed by atoms with E-state index in [4.69, 9.17) is 4.74 Å². The Bertz CT molecular complexity index is 822. The van der Waals surface area contributed by atoms with Gasteiger partial charge in [0.2, 0.25) is 5.91 Å². The van der Waals surface area contributed by atoms with Crippen LogP contribution in [-0.2, 0) is 9.59 Å². The SMILES string of the molecule is C[C@@H]1CCCC[C@@]12NC(=O)N(CC(=O)N1CCC(Oc3ccc(F)cc3)CC1)C2=O. The van der Waals surface area contributed by atoms with Crippen molar-refractivity contribution in [2.24, 2.45) is 5.92 Å². The maximum atomic E-state index is 13.0. The van der Waals surface area contributed by atoms with E-state index < -0.39 is 11.6 Å². The zero-order valence-corrected chi connectivity index (χ0v) is 17.2. The molecule has 0 radical (unpaired) electrons. The monoisotopic (exact) mass is 417 g/mol. The van der Waals surface area contributed by atoms with E-state index in [0.717, 1.165) is 24.2 Å². The van der Waals surface area contributed by atoms with E-state index in [9.17, 15) is 18.8 Å². The predicted molar refractivity (Wildman–Crippen MR) is 107 cm³/mol. The summed E-state index contributed by atoms with van der Waals surface area (Å²) in [5.74, 6) is -0.121. The van der Waals surface area contributed by atoms with Gasteiger partial charge in [0.15, 0.2) is 0 Å². The number of nitrogens with one attached hydrogen (secondary N) is 1. The number of halogens is 1. The molecule has 2 atom stereocenters. The summed E-state index contributed by atoms with van der Waals surface area (Å²) in [4.78, 5) is 41.0. The van der Waals surface area contributed by atoms with Crippen molar-refractivity contribution in [3.63, 3.8) is 0 Å². The number of likely N-dealkylation sites (tertiary alicyclic amines) is 1. The summed E-state index contributed by atoms with van der Waals surface area (Å²) in [7, 11) is 0. The number of urea groups is 1. The third kappa shape index (κ3) is 3.87. The van der Waals surface area contributed by atoms with Gasteiger partial charge in [-0.3, -0.25) is 14.5 Å². The van der Waals surface area contributed by atoms with Crippen molar-refractivity contribution in [1.82, 2.24) is 15.1 Å². The lowest BCUT2D eigenvalue weighted by Gasteiger charge is -2.37. The van der Waals surface area contributed by atoms with Crippen molar-refractivity contribution in [1.29, 1.82) is 0 Å². The quantitative estimate of drug-likeness (QED) is 0.764. The van der Waals surface area contributed by atoms with Gasteiger partial charge in [-0.15, -0.1) is 0 Å². The molecule has 0 bridgehead atoms. The van der Waals surface area contributed by atoms with Gasteiger partial charge in [-0.2, -0.15) is 0 Å². The number of benzene rings is 1. The minimum Gasteiger partial charge on any atom is -0.490 e. The van der Waals surface area contributed by atoms with Crippen LogP contribution < -0.4 is 10.1 Å². The largest absolute Gasteiger partial charge is 0.490 e. The molecule has 30 heavy (non-hydrogen) atoms. The lowest BCUT2D eigenvalue weighted by Crippen LogP contribution is -2.54. The number of piperidine rings is 1. The van der Waals surface area contributed by atoms with Crippen molar-refractivity contribution < 1.29 is 23.5 Å². The van der Waals surface area contributed by atoms with Crippen molar-refractivity contribution in [2.45, 2.75) is 57.1 Å². The molecular formula is C22H28FN3O4. The second-order valence-corrected chi connectivity index (χ2v) is 8.59. The second kappa shape index (κ2) is 8.24. The molecule has 2 heterocycles. The molecule has 2 saturated heterocycles. The molecule has 4 amide bonds. The molecule has 0 aromatic heterocycles. The van der Waals surface area contributed by atoms with Gasteiger partial charge in [0.05, 0.1) is 0 Å². The number of imide groups is 1. The fourth-order valence-corrected chi connectivity index (χ4v) is 4.80. The highest BCUT2D eigenvalue weighted by Gasteiger charge is 2.55. The van der Waals surface area contributed by atoms with Crippen molar-refractivity contribution >= 4 is 17.8 Å². The standard InChI is InChI=1S/C22H28FN3O4/c1-15-4-2-3-11-22(15)20(28)26(21(29)24-22)14-19(27)25-12-9-18(10-13-25)30-17-7-5-16(23)6-8-17/h5-8,15,18H,2-4,9-14H2,1H3,(H,24,29)/t15-,22-/m1/s1.